The Bertz CT molecular complexity index is 418. The number of rotatable bonds is 3. The maximum Gasteiger partial charge on any atom is 0.235 e. The summed E-state index contributed by atoms with van der Waals surface area (Å²) in [5.74, 6) is 2.72. The number of likely N-dealkylation sites (tertiary alicyclic amines) is 1. The van der Waals surface area contributed by atoms with E-state index in [2.05, 4.69) is 25.5 Å². The molecule has 2 atom stereocenters. The average molecular weight is 281 g/mol. The smallest absolute Gasteiger partial charge is 0.235 e. The third kappa shape index (κ3) is 3.08. The number of H-pyrrole nitrogens is 1. The van der Waals surface area contributed by atoms with E-state index in [9.17, 15) is 4.79 Å². The highest BCUT2D eigenvalue weighted by atomic mass is 32.2. The summed E-state index contributed by atoms with van der Waals surface area (Å²) < 4.78 is 0. The molecular weight excluding hydrogens is 262 g/mol. The third-order valence-electron chi connectivity index (χ3n) is 3.90. The number of hydrogen-bond donors (Lipinski definition) is 1. The maximum absolute atomic E-state index is 12.4. The van der Waals surface area contributed by atoms with Crippen LogP contribution in [0.15, 0.2) is 0 Å². The van der Waals surface area contributed by atoms with Gasteiger partial charge in [-0.05, 0) is 37.4 Å². The minimum Gasteiger partial charge on any atom is -0.341 e. The number of carbonyl (C=O) groups is 1. The van der Waals surface area contributed by atoms with Gasteiger partial charge in [0.2, 0.25) is 5.91 Å². The van der Waals surface area contributed by atoms with Gasteiger partial charge in [0.1, 0.15) is 0 Å². The predicted molar refractivity (Wildman–Crippen MR) is 72.7 cm³/mol. The first-order chi connectivity index (χ1) is 9.33. The minimum atomic E-state index is 0.212. The van der Waals surface area contributed by atoms with Crippen molar-refractivity contribution in [2.45, 2.75) is 37.4 Å². The van der Waals surface area contributed by atoms with Crippen molar-refractivity contribution in [1.82, 2.24) is 25.5 Å². The maximum atomic E-state index is 12.4. The van der Waals surface area contributed by atoms with E-state index in [0.717, 1.165) is 50.4 Å². The lowest BCUT2D eigenvalue weighted by molar-refractivity contribution is -0.132. The lowest BCUT2D eigenvalue weighted by atomic mass is 9.94. The number of hydrogen-bond acceptors (Lipinski definition) is 5. The fourth-order valence-electron chi connectivity index (χ4n) is 2.94. The molecule has 3 heterocycles. The Balaban J connectivity index is 1.56. The number of aromatic amines is 1. The van der Waals surface area contributed by atoms with Crippen LogP contribution in [0.25, 0.3) is 0 Å². The number of aromatic nitrogens is 4. The molecule has 1 aromatic rings. The summed E-state index contributed by atoms with van der Waals surface area (Å²) in [6.45, 7) is 1.77. The van der Waals surface area contributed by atoms with Gasteiger partial charge in [-0.25, -0.2) is 0 Å². The van der Waals surface area contributed by atoms with Gasteiger partial charge < -0.3 is 4.90 Å². The molecule has 1 aromatic heterocycles. The van der Waals surface area contributed by atoms with E-state index in [1.54, 1.807) is 0 Å². The Morgan fingerprint density at radius 3 is 3.11 bits per heavy atom. The van der Waals surface area contributed by atoms with E-state index in [4.69, 9.17) is 0 Å². The molecule has 0 spiro atoms. The molecular formula is C12H19N5OS. The van der Waals surface area contributed by atoms with Crippen LogP contribution in [0.2, 0.25) is 0 Å². The van der Waals surface area contributed by atoms with Gasteiger partial charge in [0.05, 0.1) is 5.25 Å². The molecule has 2 unspecified atom stereocenters. The van der Waals surface area contributed by atoms with Crippen LogP contribution in [0.4, 0.5) is 0 Å². The first-order valence-corrected chi connectivity index (χ1v) is 8.00. The second kappa shape index (κ2) is 5.90. The number of amides is 1. The molecule has 3 rings (SSSR count). The van der Waals surface area contributed by atoms with Crippen LogP contribution in [0, 0.1) is 5.92 Å². The highest BCUT2D eigenvalue weighted by Crippen LogP contribution is 2.29. The van der Waals surface area contributed by atoms with Crippen LogP contribution in [-0.4, -0.2) is 55.5 Å². The predicted octanol–water partition coefficient (Wildman–Crippen LogP) is 0.876. The third-order valence-corrected chi connectivity index (χ3v) is 5.26. The molecule has 0 saturated carbocycles. The SMILES string of the molecule is O=C(C1CCCS1)N1CCCC(Cc2nn[nH]n2)C1. The summed E-state index contributed by atoms with van der Waals surface area (Å²) in [5.41, 5.74) is 0. The van der Waals surface area contributed by atoms with Crippen LogP contribution >= 0.6 is 11.8 Å². The van der Waals surface area contributed by atoms with Crippen LogP contribution in [0.1, 0.15) is 31.5 Å². The molecule has 1 N–H and O–H groups in total. The van der Waals surface area contributed by atoms with Gasteiger partial charge in [0.25, 0.3) is 0 Å². The summed E-state index contributed by atoms with van der Waals surface area (Å²) in [4.78, 5) is 14.5. The fourth-order valence-corrected chi connectivity index (χ4v) is 4.18. The largest absolute Gasteiger partial charge is 0.341 e. The van der Waals surface area contributed by atoms with Crippen molar-refractivity contribution in [3.8, 4) is 0 Å². The zero-order chi connectivity index (χ0) is 13.1. The fraction of sp³-hybridized carbons (Fsp3) is 0.833. The Labute approximate surface area is 116 Å². The molecule has 2 aliphatic rings. The number of piperidine rings is 1. The molecule has 6 nitrogen and oxygen atoms in total. The highest BCUT2D eigenvalue weighted by Gasteiger charge is 2.31. The molecule has 0 bridgehead atoms. The number of tetrazole rings is 1. The second-order valence-electron chi connectivity index (χ2n) is 5.33. The molecule has 104 valence electrons. The van der Waals surface area contributed by atoms with Gasteiger partial charge >= 0.3 is 0 Å². The lowest BCUT2D eigenvalue weighted by Crippen LogP contribution is -2.44. The molecule has 0 radical (unpaired) electrons. The van der Waals surface area contributed by atoms with Crippen molar-refractivity contribution < 1.29 is 4.79 Å². The Hall–Kier alpha value is -1.11. The van der Waals surface area contributed by atoms with E-state index in [1.165, 1.54) is 6.42 Å². The van der Waals surface area contributed by atoms with Crippen molar-refractivity contribution in [2.75, 3.05) is 18.8 Å². The summed E-state index contributed by atoms with van der Waals surface area (Å²) in [7, 11) is 0. The van der Waals surface area contributed by atoms with Crippen LogP contribution < -0.4 is 0 Å². The Kier molecular flexibility index (Phi) is 4.00. The minimum absolute atomic E-state index is 0.212. The van der Waals surface area contributed by atoms with Gasteiger partial charge in [0.15, 0.2) is 5.82 Å². The van der Waals surface area contributed by atoms with Crippen molar-refractivity contribution in [3.63, 3.8) is 0 Å². The van der Waals surface area contributed by atoms with Gasteiger partial charge in [-0.3, -0.25) is 4.79 Å². The van der Waals surface area contributed by atoms with E-state index in [-0.39, 0.29) is 5.25 Å². The number of nitrogens with one attached hydrogen (secondary N) is 1. The molecule has 19 heavy (non-hydrogen) atoms. The summed E-state index contributed by atoms with van der Waals surface area (Å²) in [6, 6.07) is 0. The Morgan fingerprint density at radius 2 is 2.37 bits per heavy atom. The molecule has 2 aliphatic heterocycles. The molecule has 2 saturated heterocycles. The second-order valence-corrected chi connectivity index (χ2v) is 6.64. The first-order valence-electron chi connectivity index (χ1n) is 6.95. The van der Waals surface area contributed by atoms with Crippen LogP contribution in [-0.2, 0) is 11.2 Å². The number of thioether (sulfide) groups is 1. The molecule has 0 aliphatic carbocycles. The van der Waals surface area contributed by atoms with Gasteiger partial charge in [-0.1, -0.05) is 5.21 Å². The van der Waals surface area contributed by atoms with E-state index >= 15 is 0 Å². The number of nitrogens with zero attached hydrogens (tertiary/aromatic N) is 4. The highest BCUT2D eigenvalue weighted by molar-refractivity contribution is 8.00. The molecule has 1 amide bonds. The van der Waals surface area contributed by atoms with Gasteiger partial charge in [-0.15, -0.1) is 22.0 Å². The van der Waals surface area contributed by atoms with E-state index in [0.29, 0.717) is 11.8 Å². The van der Waals surface area contributed by atoms with Crippen molar-refractivity contribution >= 4 is 17.7 Å². The normalized spacial score (nSPS) is 27.7. The quantitative estimate of drug-likeness (QED) is 0.890. The summed E-state index contributed by atoms with van der Waals surface area (Å²) in [6.07, 6.45) is 5.29. The lowest BCUT2D eigenvalue weighted by Gasteiger charge is -2.33. The van der Waals surface area contributed by atoms with Crippen molar-refractivity contribution in [1.29, 1.82) is 0 Å². The number of carbonyl (C=O) groups excluding carboxylic acids is 1. The van der Waals surface area contributed by atoms with E-state index in [1.807, 2.05) is 11.8 Å². The van der Waals surface area contributed by atoms with Crippen LogP contribution in [0.5, 0.6) is 0 Å². The standard InChI is InChI=1S/C12H19N5OS/c18-12(10-4-2-6-19-10)17-5-1-3-9(8-17)7-11-13-15-16-14-11/h9-10H,1-8H2,(H,13,14,15,16). The monoisotopic (exact) mass is 281 g/mol. The summed E-state index contributed by atoms with van der Waals surface area (Å²) >= 11 is 1.82. The van der Waals surface area contributed by atoms with Crippen molar-refractivity contribution in [3.05, 3.63) is 5.82 Å². The first kappa shape index (κ1) is 12.9. The van der Waals surface area contributed by atoms with Crippen LogP contribution in [0.3, 0.4) is 0 Å². The molecule has 7 heteroatoms. The zero-order valence-corrected chi connectivity index (χ0v) is 11.7. The topological polar surface area (TPSA) is 74.8 Å². The zero-order valence-electron chi connectivity index (χ0n) is 10.9. The van der Waals surface area contributed by atoms with Gasteiger partial charge in [-0.2, -0.15) is 5.21 Å². The Morgan fingerprint density at radius 1 is 1.42 bits per heavy atom. The van der Waals surface area contributed by atoms with Gasteiger partial charge in [0, 0.05) is 19.5 Å². The van der Waals surface area contributed by atoms with E-state index < -0.39 is 0 Å². The van der Waals surface area contributed by atoms with Crippen molar-refractivity contribution in [2.24, 2.45) is 5.92 Å². The molecule has 2 fully saturated rings. The molecule has 0 aromatic carbocycles. The average Bonchev–Trinajstić information content (AvgIpc) is 3.11. The summed E-state index contributed by atoms with van der Waals surface area (Å²) in [5, 5.41) is 14.3.